The van der Waals surface area contributed by atoms with E-state index in [-0.39, 0.29) is 5.91 Å². The molecule has 2 aliphatic rings. The average molecular weight is 365 g/mol. The molecule has 1 aromatic heterocycles. The Morgan fingerprint density at radius 3 is 2.26 bits per heavy atom. The van der Waals surface area contributed by atoms with Crippen LogP contribution in [-0.4, -0.2) is 42.3 Å². The van der Waals surface area contributed by atoms with E-state index in [1.807, 2.05) is 18.2 Å². The highest BCUT2D eigenvalue weighted by Gasteiger charge is 2.17. The maximum Gasteiger partial charge on any atom is 0.276 e. The third-order valence-electron chi connectivity index (χ3n) is 5.59. The summed E-state index contributed by atoms with van der Waals surface area (Å²) >= 11 is 0. The maximum absolute atomic E-state index is 12.4. The Labute approximate surface area is 160 Å². The number of nitrogens with zero attached hydrogens (tertiary/aromatic N) is 4. The van der Waals surface area contributed by atoms with E-state index in [0.29, 0.717) is 5.69 Å². The standard InChI is InChI=1S/C21H27N5O/c1-16-10-14-25(15-11-16)18-6-4-17(5-7-18)22-21(27)19-8-9-20(24-23-19)26-12-2-3-13-26/h4-9,16H,2-3,10-15H2,1H3,(H,22,27). The summed E-state index contributed by atoms with van der Waals surface area (Å²) in [6.07, 6.45) is 4.86. The minimum absolute atomic E-state index is 0.227. The average Bonchev–Trinajstić information content (AvgIpc) is 3.24. The number of hydrogen-bond donors (Lipinski definition) is 1. The summed E-state index contributed by atoms with van der Waals surface area (Å²) in [7, 11) is 0. The van der Waals surface area contributed by atoms with Gasteiger partial charge in [-0.05, 0) is 68.0 Å². The number of benzene rings is 1. The first kappa shape index (κ1) is 17.8. The van der Waals surface area contributed by atoms with Gasteiger partial charge in [0.2, 0.25) is 0 Å². The molecule has 0 radical (unpaired) electrons. The van der Waals surface area contributed by atoms with Gasteiger partial charge in [-0.3, -0.25) is 4.79 Å². The van der Waals surface area contributed by atoms with Gasteiger partial charge in [0.1, 0.15) is 0 Å². The molecule has 2 fully saturated rings. The molecule has 0 unspecified atom stereocenters. The molecule has 27 heavy (non-hydrogen) atoms. The van der Waals surface area contributed by atoms with E-state index in [2.05, 4.69) is 44.4 Å². The van der Waals surface area contributed by atoms with Gasteiger partial charge in [0.25, 0.3) is 5.91 Å². The zero-order valence-corrected chi connectivity index (χ0v) is 15.9. The lowest BCUT2D eigenvalue weighted by molar-refractivity contribution is 0.102. The molecule has 0 atom stereocenters. The van der Waals surface area contributed by atoms with E-state index >= 15 is 0 Å². The number of amides is 1. The Morgan fingerprint density at radius 1 is 0.926 bits per heavy atom. The predicted octanol–water partition coefficient (Wildman–Crippen LogP) is 3.57. The van der Waals surface area contributed by atoms with Crippen LogP contribution in [0.3, 0.4) is 0 Å². The normalized spacial score (nSPS) is 18.0. The van der Waals surface area contributed by atoms with Crippen LogP contribution < -0.4 is 15.1 Å². The molecular formula is C21H27N5O. The van der Waals surface area contributed by atoms with Gasteiger partial charge in [-0.2, -0.15) is 0 Å². The van der Waals surface area contributed by atoms with Crippen LogP contribution >= 0.6 is 0 Å². The second-order valence-corrected chi connectivity index (χ2v) is 7.64. The second kappa shape index (κ2) is 7.94. The molecule has 2 saturated heterocycles. The van der Waals surface area contributed by atoms with Crippen LogP contribution in [0.4, 0.5) is 17.2 Å². The second-order valence-electron chi connectivity index (χ2n) is 7.64. The fourth-order valence-electron chi connectivity index (χ4n) is 3.78. The molecule has 0 saturated carbocycles. The topological polar surface area (TPSA) is 61.4 Å². The Balaban J connectivity index is 1.36. The van der Waals surface area contributed by atoms with Crippen molar-refractivity contribution in [1.29, 1.82) is 0 Å². The van der Waals surface area contributed by atoms with Crippen molar-refractivity contribution in [1.82, 2.24) is 10.2 Å². The van der Waals surface area contributed by atoms with Crippen molar-refractivity contribution >= 4 is 23.1 Å². The van der Waals surface area contributed by atoms with Crippen molar-refractivity contribution in [3.05, 3.63) is 42.1 Å². The molecule has 1 N–H and O–H groups in total. The molecule has 1 aromatic carbocycles. The molecule has 6 nitrogen and oxygen atoms in total. The highest BCUT2D eigenvalue weighted by Crippen LogP contribution is 2.24. The van der Waals surface area contributed by atoms with E-state index in [4.69, 9.17) is 0 Å². The van der Waals surface area contributed by atoms with Crippen LogP contribution in [0.15, 0.2) is 36.4 Å². The minimum atomic E-state index is -0.227. The van der Waals surface area contributed by atoms with E-state index in [0.717, 1.165) is 43.6 Å². The van der Waals surface area contributed by atoms with Crippen LogP contribution in [0.2, 0.25) is 0 Å². The molecule has 4 rings (SSSR count). The monoisotopic (exact) mass is 365 g/mol. The Bertz CT molecular complexity index is 760. The Morgan fingerprint density at radius 2 is 1.63 bits per heavy atom. The van der Waals surface area contributed by atoms with Gasteiger partial charge in [0.15, 0.2) is 11.5 Å². The lowest BCUT2D eigenvalue weighted by atomic mass is 9.99. The molecule has 142 valence electrons. The van der Waals surface area contributed by atoms with Crippen molar-refractivity contribution in [3.8, 4) is 0 Å². The van der Waals surface area contributed by atoms with Gasteiger partial charge in [0, 0.05) is 37.6 Å². The number of carbonyl (C=O) groups is 1. The summed E-state index contributed by atoms with van der Waals surface area (Å²) in [6, 6.07) is 11.7. The fourth-order valence-corrected chi connectivity index (χ4v) is 3.78. The highest BCUT2D eigenvalue weighted by molar-refractivity contribution is 6.02. The van der Waals surface area contributed by atoms with E-state index in [1.165, 1.54) is 31.4 Å². The molecule has 0 spiro atoms. The number of anilines is 3. The zero-order valence-electron chi connectivity index (χ0n) is 15.9. The number of carbonyl (C=O) groups excluding carboxylic acids is 1. The SMILES string of the molecule is CC1CCN(c2ccc(NC(=O)c3ccc(N4CCCC4)nn3)cc2)CC1. The van der Waals surface area contributed by atoms with Gasteiger partial charge >= 0.3 is 0 Å². The summed E-state index contributed by atoms with van der Waals surface area (Å²) in [6.45, 7) is 6.55. The zero-order chi connectivity index (χ0) is 18.6. The van der Waals surface area contributed by atoms with E-state index in [1.54, 1.807) is 6.07 Å². The molecule has 6 heteroatoms. The molecule has 2 aromatic rings. The number of aromatic nitrogens is 2. The summed E-state index contributed by atoms with van der Waals surface area (Å²) in [5, 5.41) is 11.2. The highest BCUT2D eigenvalue weighted by atomic mass is 16.1. The Kier molecular flexibility index (Phi) is 5.23. The van der Waals surface area contributed by atoms with Gasteiger partial charge < -0.3 is 15.1 Å². The fraction of sp³-hybridized carbons (Fsp3) is 0.476. The molecule has 3 heterocycles. The maximum atomic E-state index is 12.4. The van der Waals surface area contributed by atoms with Crippen LogP contribution in [0.1, 0.15) is 43.1 Å². The van der Waals surface area contributed by atoms with Crippen LogP contribution in [0.5, 0.6) is 0 Å². The quantitative estimate of drug-likeness (QED) is 0.898. The van der Waals surface area contributed by atoms with Gasteiger partial charge in [-0.1, -0.05) is 6.92 Å². The predicted molar refractivity (Wildman–Crippen MR) is 108 cm³/mol. The lowest BCUT2D eigenvalue weighted by Gasteiger charge is -2.32. The van der Waals surface area contributed by atoms with Crippen molar-refractivity contribution in [2.45, 2.75) is 32.6 Å². The number of rotatable bonds is 4. The molecule has 1 amide bonds. The van der Waals surface area contributed by atoms with Gasteiger partial charge in [-0.15, -0.1) is 10.2 Å². The Hall–Kier alpha value is -2.63. The molecule has 2 aliphatic heterocycles. The molecule has 0 bridgehead atoms. The van der Waals surface area contributed by atoms with Crippen molar-refractivity contribution < 1.29 is 4.79 Å². The lowest BCUT2D eigenvalue weighted by Crippen LogP contribution is -2.32. The smallest absolute Gasteiger partial charge is 0.276 e. The summed E-state index contributed by atoms with van der Waals surface area (Å²) in [4.78, 5) is 17.0. The number of nitrogens with one attached hydrogen (secondary N) is 1. The summed E-state index contributed by atoms with van der Waals surface area (Å²) in [5.41, 5.74) is 2.33. The first-order valence-corrected chi connectivity index (χ1v) is 9.94. The third kappa shape index (κ3) is 4.21. The molecular weight excluding hydrogens is 338 g/mol. The largest absolute Gasteiger partial charge is 0.372 e. The van der Waals surface area contributed by atoms with Crippen LogP contribution in [0.25, 0.3) is 0 Å². The van der Waals surface area contributed by atoms with Crippen LogP contribution in [0, 0.1) is 5.92 Å². The van der Waals surface area contributed by atoms with E-state index < -0.39 is 0 Å². The van der Waals surface area contributed by atoms with Crippen molar-refractivity contribution in [2.24, 2.45) is 5.92 Å². The van der Waals surface area contributed by atoms with Gasteiger partial charge in [0.05, 0.1) is 0 Å². The first-order valence-electron chi connectivity index (χ1n) is 9.94. The van der Waals surface area contributed by atoms with Crippen molar-refractivity contribution in [3.63, 3.8) is 0 Å². The van der Waals surface area contributed by atoms with E-state index in [9.17, 15) is 4.79 Å². The van der Waals surface area contributed by atoms with Crippen molar-refractivity contribution in [2.75, 3.05) is 41.3 Å². The molecule has 0 aliphatic carbocycles. The third-order valence-corrected chi connectivity index (χ3v) is 5.59. The summed E-state index contributed by atoms with van der Waals surface area (Å²) < 4.78 is 0. The number of piperidine rings is 1. The number of hydrogen-bond acceptors (Lipinski definition) is 5. The summed E-state index contributed by atoms with van der Waals surface area (Å²) in [5.74, 6) is 1.44. The first-order chi connectivity index (χ1) is 13.2. The van der Waals surface area contributed by atoms with Crippen LogP contribution in [-0.2, 0) is 0 Å². The minimum Gasteiger partial charge on any atom is -0.372 e. The van der Waals surface area contributed by atoms with Gasteiger partial charge in [-0.25, -0.2) is 0 Å².